The smallest absolute Gasteiger partial charge is 0.408 e. The van der Waals surface area contributed by atoms with Crippen LogP contribution in [-0.2, 0) is 4.74 Å². The highest BCUT2D eigenvalue weighted by Crippen LogP contribution is 2.12. The Kier molecular flexibility index (Phi) is 3.82. The zero-order chi connectivity index (χ0) is 13.2. The van der Waals surface area contributed by atoms with Gasteiger partial charge in [-0.15, -0.1) is 0 Å². The molecule has 1 heterocycles. The lowest BCUT2D eigenvalue weighted by Gasteiger charge is -2.22. The van der Waals surface area contributed by atoms with Gasteiger partial charge in [-0.25, -0.2) is 9.59 Å². The summed E-state index contributed by atoms with van der Waals surface area (Å²) in [6.07, 6.45) is -2.68. The number of β-amino-alcohol motifs (C(OH)–C–C–N with tert-alkyl or cyclic N) is 1. The van der Waals surface area contributed by atoms with Crippen LogP contribution in [0, 0.1) is 0 Å². The van der Waals surface area contributed by atoms with Gasteiger partial charge in [-0.05, 0) is 20.8 Å². The second-order valence-electron chi connectivity index (χ2n) is 5.01. The molecule has 1 rings (SSSR count). The average Bonchev–Trinajstić information content (AvgIpc) is 2.44. The van der Waals surface area contributed by atoms with Crippen LogP contribution >= 0.6 is 0 Å². The number of likely N-dealkylation sites (tertiary alicyclic amines) is 1. The number of carboxylic acid groups (broad SMARTS) is 1. The van der Waals surface area contributed by atoms with Gasteiger partial charge in [0, 0.05) is 6.54 Å². The van der Waals surface area contributed by atoms with E-state index in [1.165, 1.54) is 0 Å². The number of hydrogen-bond donors (Lipinski definition) is 3. The van der Waals surface area contributed by atoms with E-state index in [0.29, 0.717) is 0 Å². The third-order valence-electron chi connectivity index (χ3n) is 2.26. The Labute approximate surface area is 99.4 Å². The maximum atomic E-state index is 11.4. The van der Waals surface area contributed by atoms with Crippen LogP contribution in [-0.4, -0.2) is 58.1 Å². The van der Waals surface area contributed by atoms with E-state index >= 15 is 0 Å². The Hall–Kier alpha value is -1.50. The third-order valence-corrected chi connectivity index (χ3v) is 2.26. The van der Waals surface area contributed by atoms with Crippen LogP contribution in [0.25, 0.3) is 0 Å². The molecular weight excluding hydrogens is 228 g/mol. The number of carbonyl (C=O) groups is 2. The van der Waals surface area contributed by atoms with Gasteiger partial charge in [0.1, 0.15) is 5.60 Å². The largest absolute Gasteiger partial charge is 0.465 e. The lowest BCUT2D eigenvalue weighted by Crippen LogP contribution is -2.45. The van der Waals surface area contributed by atoms with Crippen molar-refractivity contribution < 1.29 is 24.5 Å². The minimum absolute atomic E-state index is 0.00417. The molecule has 0 aromatic rings. The van der Waals surface area contributed by atoms with Crippen LogP contribution in [0.15, 0.2) is 0 Å². The number of ether oxygens (including phenoxy) is 1. The highest BCUT2D eigenvalue weighted by molar-refractivity contribution is 5.69. The molecule has 17 heavy (non-hydrogen) atoms. The Morgan fingerprint density at radius 3 is 2.35 bits per heavy atom. The van der Waals surface area contributed by atoms with E-state index in [9.17, 15) is 14.7 Å². The summed E-state index contributed by atoms with van der Waals surface area (Å²) in [5.41, 5.74) is -0.625. The van der Waals surface area contributed by atoms with Crippen molar-refractivity contribution in [3.8, 4) is 0 Å². The fourth-order valence-corrected chi connectivity index (χ4v) is 1.54. The van der Waals surface area contributed by atoms with E-state index in [1.54, 1.807) is 20.8 Å². The van der Waals surface area contributed by atoms with Crippen LogP contribution in [0.4, 0.5) is 9.59 Å². The van der Waals surface area contributed by atoms with Crippen molar-refractivity contribution in [3.63, 3.8) is 0 Å². The van der Waals surface area contributed by atoms with Crippen molar-refractivity contribution in [2.45, 2.75) is 38.5 Å². The predicted molar refractivity (Wildman–Crippen MR) is 58.8 cm³/mol. The molecule has 7 heteroatoms. The summed E-state index contributed by atoms with van der Waals surface area (Å²) in [6, 6.07) is -0.624. The van der Waals surface area contributed by atoms with Gasteiger partial charge in [0.25, 0.3) is 0 Å². The lowest BCUT2D eigenvalue weighted by atomic mass is 10.2. The molecule has 0 saturated carbocycles. The minimum atomic E-state index is -1.11. The molecule has 98 valence electrons. The van der Waals surface area contributed by atoms with Crippen molar-refractivity contribution in [1.29, 1.82) is 0 Å². The van der Waals surface area contributed by atoms with Crippen molar-refractivity contribution in [2.24, 2.45) is 0 Å². The van der Waals surface area contributed by atoms with Crippen molar-refractivity contribution in [2.75, 3.05) is 13.1 Å². The highest BCUT2D eigenvalue weighted by atomic mass is 16.6. The SMILES string of the molecule is CC(C)(C)OC(=O)NC1CN(C(=O)O)CC1O. The van der Waals surface area contributed by atoms with E-state index in [2.05, 4.69) is 5.32 Å². The first-order valence-electron chi connectivity index (χ1n) is 5.34. The molecule has 0 radical (unpaired) electrons. The Morgan fingerprint density at radius 1 is 1.35 bits per heavy atom. The predicted octanol–water partition coefficient (Wildman–Crippen LogP) is 0.234. The molecule has 0 bridgehead atoms. The molecule has 1 aliphatic rings. The van der Waals surface area contributed by atoms with Gasteiger partial charge in [-0.2, -0.15) is 0 Å². The molecule has 1 aliphatic heterocycles. The van der Waals surface area contributed by atoms with E-state index < -0.39 is 29.9 Å². The molecule has 3 N–H and O–H groups in total. The summed E-state index contributed by atoms with van der Waals surface area (Å²) < 4.78 is 5.02. The summed E-state index contributed by atoms with van der Waals surface area (Å²) in [7, 11) is 0. The summed E-state index contributed by atoms with van der Waals surface area (Å²) in [4.78, 5) is 23.2. The Morgan fingerprint density at radius 2 is 1.94 bits per heavy atom. The molecule has 2 unspecified atom stereocenters. The van der Waals surface area contributed by atoms with Gasteiger partial charge in [-0.3, -0.25) is 0 Å². The number of hydrogen-bond acceptors (Lipinski definition) is 4. The van der Waals surface area contributed by atoms with E-state index in [4.69, 9.17) is 9.84 Å². The van der Waals surface area contributed by atoms with Crippen molar-refractivity contribution in [1.82, 2.24) is 10.2 Å². The zero-order valence-electron chi connectivity index (χ0n) is 10.1. The molecule has 2 amide bonds. The molecule has 0 aromatic carbocycles. The Bertz CT molecular complexity index is 312. The quantitative estimate of drug-likeness (QED) is 0.615. The topological polar surface area (TPSA) is 99.1 Å². The monoisotopic (exact) mass is 246 g/mol. The highest BCUT2D eigenvalue weighted by Gasteiger charge is 2.35. The summed E-state index contributed by atoms with van der Waals surface area (Å²) in [5.74, 6) is 0. The van der Waals surface area contributed by atoms with Gasteiger partial charge in [0.15, 0.2) is 0 Å². The second kappa shape index (κ2) is 4.79. The van der Waals surface area contributed by atoms with Crippen molar-refractivity contribution in [3.05, 3.63) is 0 Å². The normalized spacial score (nSPS) is 24.6. The maximum absolute atomic E-state index is 11.4. The molecule has 1 fully saturated rings. The first-order chi connectivity index (χ1) is 7.69. The number of nitrogens with zero attached hydrogens (tertiary/aromatic N) is 1. The molecule has 0 aliphatic carbocycles. The van der Waals surface area contributed by atoms with Crippen LogP contribution in [0.2, 0.25) is 0 Å². The van der Waals surface area contributed by atoms with E-state index in [1.807, 2.05) is 0 Å². The van der Waals surface area contributed by atoms with Gasteiger partial charge in [0.2, 0.25) is 0 Å². The van der Waals surface area contributed by atoms with Crippen LogP contribution in [0.5, 0.6) is 0 Å². The van der Waals surface area contributed by atoms with E-state index in [-0.39, 0.29) is 13.1 Å². The molecule has 0 aromatic heterocycles. The number of aliphatic hydroxyl groups excluding tert-OH is 1. The van der Waals surface area contributed by atoms with Gasteiger partial charge < -0.3 is 25.2 Å². The first-order valence-corrected chi connectivity index (χ1v) is 5.34. The second-order valence-corrected chi connectivity index (χ2v) is 5.01. The summed E-state index contributed by atoms with van der Waals surface area (Å²) >= 11 is 0. The van der Waals surface area contributed by atoms with Gasteiger partial charge in [-0.1, -0.05) is 0 Å². The minimum Gasteiger partial charge on any atom is -0.465 e. The van der Waals surface area contributed by atoms with Crippen LogP contribution < -0.4 is 5.32 Å². The van der Waals surface area contributed by atoms with Crippen LogP contribution in [0.1, 0.15) is 20.8 Å². The molecule has 1 saturated heterocycles. The fraction of sp³-hybridized carbons (Fsp3) is 0.800. The molecule has 0 spiro atoms. The number of aliphatic hydroxyl groups is 1. The molecule has 7 nitrogen and oxygen atoms in total. The van der Waals surface area contributed by atoms with Crippen LogP contribution in [0.3, 0.4) is 0 Å². The number of alkyl carbamates (subject to hydrolysis) is 1. The number of carbonyl (C=O) groups excluding carboxylic acids is 1. The average molecular weight is 246 g/mol. The summed E-state index contributed by atoms with van der Waals surface area (Å²) in [6.45, 7) is 5.23. The molecule has 2 atom stereocenters. The number of nitrogens with one attached hydrogen (secondary N) is 1. The van der Waals surface area contributed by atoms with Crippen molar-refractivity contribution >= 4 is 12.2 Å². The zero-order valence-corrected chi connectivity index (χ0v) is 10.1. The van der Waals surface area contributed by atoms with Gasteiger partial charge >= 0.3 is 12.2 Å². The third kappa shape index (κ3) is 4.10. The number of amides is 2. The molecular formula is C10H18N2O5. The van der Waals surface area contributed by atoms with E-state index in [0.717, 1.165) is 4.90 Å². The first kappa shape index (κ1) is 13.6. The summed E-state index contributed by atoms with van der Waals surface area (Å²) in [5, 5.41) is 20.8. The Balaban J connectivity index is 2.47. The van der Waals surface area contributed by atoms with Gasteiger partial charge in [0.05, 0.1) is 18.7 Å². The standard InChI is InChI=1S/C10H18N2O5/c1-10(2,3)17-8(14)11-6-4-12(9(15)16)5-7(6)13/h6-7,13H,4-5H2,1-3H3,(H,11,14)(H,15,16). The number of rotatable bonds is 1. The maximum Gasteiger partial charge on any atom is 0.408 e. The lowest BCUT2D eigenvalue weighted by molar-refractivity contribution is 0.0461. The fourth-order valence-electron chi connectivity index (χ4n) is 1.54.